The fourth-order valence-corrected chi connectivity index (χ4v) is 5.81. The summed E-state index contributed by atoms with van der Waals surface area (Å²) in [5, 5.41) is 1.13. The number of benzene rings is 1. The minimum atomic E-state index is -0.699. The van der Waals surface area contributed by atoms with E-state index in [9.17, 15) is 9.59 Å². The third kappa shape index (κ3) is 5.50. The van der Waals surface area contributed by atoms with Crippen LogP contribution in [0.25, 0.3) is 0 Å². The van der Waals surface area contributed by atoms with Gasteiger partial charge in [-0.25, -0.2) is 4.79 Å². The molecule has 0 bridgehead atoms. The van der Waals surface area contributed by atoms with E-state index in [4.69, 9.17) is 33.9 Å². The highest BCUT2D eigenvalue weighted by molar-refractivity contribution is 7.80. The SMILES string of the molecule is COC(=S)N1CCN(CCCCCCCN2C(=S)N(c3ccc4c(c3)COC4=O)C(=O)C2(C)C)CC1. The van der Waals surface area contributed by atoms with Crippen LogP contribution in [0, 0.1) is 0 Å². The van der Waals surface area contributed by atoms with Gasteiger partial charge < -0.3 is 19.3 Å². The number of piperazine rings is 1. The molecule has 0 aromatic heterocycles. The van der Waals surface area contributed by atoms with E-state index in [0.717, 1.165) is 57.7 Å². The predicted molar refractivity (Wildman–Crippen MR) is 147 cm³/mol. The van der Waals surface area contributed by atoms with Crippen LogP contribution in [0.15, 0.2) is 18.2 Å². The minimum absolute atomic E-state index is 0.0379. The summed E-state index contributed by atoms with van der Waals surface area (Å²) >= 11 is 11.0. The van der Waals surface area contributed by atoms with Gasteiger partial charge in [-0.2, -0.15) is 0 Å². The first-order valence-electron chi connectivity index (χ1n) is 12.8. The van der Waals surface area contributed by atoms with Crippen LogP contribution in [-0.4, -0.2) is 88.8 Å². The number of carbonyl (C=O) groups excluding carboxylic acids is 2. The van der Waals surface area contributed by atoms with E-state index in [-0.39, 0.29) is 18.5 Å². The molecule has 36 heavy (non-hydrogen) atoms. The zero-order valence-electron chi connectivity index (χ0n) is 21.5. The zero-order chi connectivity index (χ0) is 25.9. The number of methoxy groups -OCH3 is 1. The molecule has 4 rings (SSSR count). The van der Waals surface area contributed by atoms with Gasteiger partial charge in [-0.15, -0.1) is 0 Å². The molecular formula is C26H36N4O4S2. The second kappa shape index (κ2) is 11.4. The molecule has 2 saturated heterocycles. The number of anilines is 1. The molecule has 0 spiro atoms. The predicted octanol–water partition coefficient (Wildman–Crippen LogP) is 3.57. The number of thiocarbonyl (C=S) groups is 2. The smallest absolute Gasteiger partial charge is 0.338 e. The molecule has 1 amide bonds. The molecular weight excluding hydrogens is 496 g/mol. The van der Waals surface area contributed by atoms with E-state index in [0.29, 0.717) is 21.5 Å². The second-order valence-electron chi connectivity index (χ2n) is 10.1. The highest BCUT2D eigenvalue weighted by Gasteiger charge is 2.49. The van der Waals surface area contributed by atoms with Gasteiger partial charge in [0, 0.05) is 38.3 Å². The Balaban J connectivity index is 1.19. The van der Waals surface area contributed by atoms with Crippen molar-refractivity contribution in [1.29, 1.82) is 0 Å². The van der Waals surface area contributed by atoms with Gasteiger partial charge in [0.2, 0.25) is 0 Å². The molecule has 2 fully saturated rings. The summed E-state index contributed by atoms with van der Waals surface area (Å²) < 4.78 is 10.3. The molecule has 1 aromatic rings. The number of hydrogen-bond acceptors (Lipinski definition) is 7. The van der Waals surface area contributed by atoms with E-state index in [1.807, 2.05) is 24.8 Å². The zero-order valence-corrected chi connectivity index (χ0v) is 23.1. The lowest BCUT2D eigenvalue weighted by molar-refractivity contribution is -0.123. The molecule has 196 valence electrons. The highest BCUT2D eigenvalue weighted by atomic mass is 32.1. The normalized spacial score (nSPS) is 19.6. The minimum Gasteiger partial charge on any atom is -0.474 e. The van der Waals surface area contributed by atoms with Crippen LogP contribution >= 0.6 is 24.4 Å². The van der Waals surface area contributed by atoms with Crippen molar-refractivity contribution in [3.63, 3.8) is 0 Å². The van der Waals surface area contributed by atoms with Crippen LogP contribution in [0.5, 0.6) is 0 Å². The average molecular weight is 533 g/mol. The van der Waals surface area contributed by atoms with Crippen molar-refractivity contribution in [3.8, 4) is 0 Å². The quantitative estimate of drug-likeness (QED) is 0.270. The summed E-state index contributed by atoms with van der Waals surface area (Å²) in [7, 11) is 1.63. The van der Waals surface area contributed by atoms with E-state index in [1.54, 1.807) is 24.1 Å². The average Bonchev–Trinajstić information content (AvgIpc) is 3.32. The maximum absolute atomic E-state index is 13.3. The standard InChI is InChI=1S/C26H36N4O4S2/c1-26(2)23(32)30(20-9-10-21-19(17-20)18-34-22(21)31)24(35)29(26)12-8-6-4-5-7-11-27-13-15-28(16-14-27)25(36)33-3/h9-10,17H,4-8,11-16,18H2,1-3H3. The Hall–Kier alpha value is -2.30. The topological polar surface area (TPSA) is 65.6 Å². The Morgan fingerprint density at radius 3 is 2.39 bits per heavy atom. The summed E-state index contributed by atoms with van der Waals surface area (Å²) in [5.74, 6) is -0.354. The first-order valence-corrected chi connectivity index (χ1v) is 13.6. The third-order valence-electron chi connectivity index (χ3n) is 7.41. The number of fused-ring (bicyclic) bond motifs is 1. The fraction of sp³-hybridized carbons (Fsp3) is 0.615. The maximum atomic E-state index is 13.3. The molecule has 0 atom stereocenters. The van der Waals surface area contributed by atoms with Crippen LogP contribution < -0.4 is 4.90 Å². The van der Waals surface area contributed by atoms with Gasteiger partial charge in [-0.1, -0.05) is 19.3 Å². The molecule has 10 heteroatoms. The van der Waals surface area contributed by atoms with Crippen molar-refractivity contribution >= 4 is 52.3 Å². The van der Waals surface area contributed by atoms with E-state index in [1.165, 1.54) is 19.3 Å². The number of unbranched alkanes of at least 4 members (excludes halogenated alkanes) is 4. The summed E-state index contributed by atoms with van der Waals surface area (Å²) in [6.45, 7) is 9.91. The molecule has 3 aliphatic heterocycles. The summed E-state index contributed by atoms with van der Waals surface area (Å²) in [4.78, 5) is 33.3. The molecule has 3 aliphatic rings. The van der Waals surface area contributed by atoms with Gasteiger partial charge in [0.25, 0.3) is 11.1 Å². The van der Waals surface area contributed by atoms with Crippen molar-refractivity contribution < 1.29 is 19.1 Å². The maximum Gasteiger partial charge on any atom is 0.338 e. The lowest BCUT2D eigenvalue weighted by Crippen LogP contribution is -2.48. The van der Waals surface area contributed by atoms with E-state index >= 15 is 0 Å². The Morgan fingerprint density at radius 1 is 1.03 bits per heavy atom. The van der Waals surface area contributed by atoms with E-state index in [2.05, 4.69) is 9.80 Å². The number of carbonyl (C=O) groups is 2. The number of esters is 1. The van der Waals surface area contributed by atoms with Crippen molar-refractivity contribution in [2.24, 2.45) is 0 Å². The number of cyclic esters (lactones) is 1. The van der Waals surface area contributed by atoms with Crippen molar-refractivity contribution in [2.45, 2.75) is 58.1 Å². The Morgan fingerprint density at radius 2 is 1.69 bits per heavy atom. The number of nitrogens with zero attached hydrogens (tertiary/aromatic N) is 4. The van der Waals surface area contributed by atoms with Gasteiger partial charge in [-0.05, 0) is 75.9 Å². The summed E-state index contributed by atoms with van der Waals surface area (Å²) in [6, 6.07) is 5.34. The molecule has 0 unspecified atom stereocenters. The number of rotatable bonds is 9. The van der Waals surface area contributed by atoms with Crippen LogP contribution in [0.3, 0.4) is 0 Å². The lowest BCUT2D eigenvalue weighted by atomic mass is 10.0. The third-order valence-corrected chi connectivity index (χ3v) is 8.24. The van der Waals surface area contributed by atoms with Crippen LogP contribution in [0.4, 0.5) is 5.69 Å². The van der Waals surface area contributed by atoms with Gasteiger partial charge in [-0.3, -0.25) is 14.6 Å². The van der Waals surface area contributed by atoms with Crippen molar-refractivity contribution in [1.82, 2.24) is 14.7 Å². The Bertz CT molecular complexity index is 1020. The van der Waals surface area contributed by atoms with E-state index < -0.39 is 5.54 Å². The first kappa shape index (κ1) is 26.8. The lowest BCUT2D eigenvalue weighted by Gasteiger charge is -2.35. The number of hydrogen-bond donors (Lipinski definition) is 0. The summed E-state index contributed by atoms with van der Waals surface area (Å²) in [5.41, 5.74) is 1.35. The van der Waals surface area contributed by atoms with Gasteiger partial charge >= 0.3 is 5.97 Å². The molecule has 0 aliphatic carbocycles. The Kier molecular flexibility index (Phi) is 8.47. The summed E-state index contributed by atoms with van der Waals surface area (Å²) in [6.07, 6.45) is 5.66. The monoisotopic (exact) mass is 532 g/mol. The molecule has 8 nitrogen and oxygen atoms in total. The highest BCUT2D eigenvalue weighted by Crippen LogP contribution is 2.34. The van der Waals surface area contributed by atoms with Crippen LogP contribution in [0.2, 0.25) is 0 Å². The van der Waals surface area contributed by atoms with Crippen molar-refractivity contribution in [3.05, 3.63) is 29.3 Å². The molecule has 0 radical (unpaired) electrons. The number of amides is 1. The molecule has 0 N–H and O–H groups in total. The van der Waals surface area contributed by atoms with Crippen LogP contribution in [-0.2, 0) is 20.9 Å². The van der Waals surface area contributed by atoms with Gasteiger partial charge in [0.15, 0.2) is 5.11 Å². The first-order chi connectivity index (χ1) is 17.2. The molecule has 1 aromatic carbocycles. The fourth-order valence-electron chi connectivity index (χ4n) is 5.12. The van der Waals surface area contributed by atoms with Crippen LogP contribution in [0.1, 0.15) is 61.9 Å². The van der Waals surface area contributed by atoms with Gasteiger partial charge in [0.05, 0.1) is 18.4 Å². The molecule has 0 saturated carbocycles. The number of ether oxygens (including phenoxy) is 2. The Labute approximate surface area is 224 Å². The molecule has 3 heterocycles. The van der Waals surface area contributed by atoms with Crippen molar-refractivity contribution in [2.75, 3.05) is 51.3 Å². The second-order valence-corrected chi connectivity index (χ2v) is 10.8. The van der Waals surface area contributed by atoms with Gasteiger partial charge in [0.1, 0.15) is 12.1 Å². The largest absolute Gasteiger partial charge is 0.474 e.